The Bertz CT molecular complexity index is 1190. The molecule has 7 nitrogen and oxygen atoms in total. The van der Waals surface area contributed by atoms with Crippen LogP contribution in [0.15, 0.2) is 65.8 Å². The lowest BCUT2D eigenvalue weighted by Crippen LogP contribution is -2.41. The molecule has 1 saturated heterocycles. The summed E-state index contributed by atoms with van der Waals surface area (Å²) in [6, 6.07) is 19.2. The Morgan fingerprint density at radius 1 is 1.12 bits per heavy atom. The van der Waals surface area contributed by atoms with Crippen LogP contribution >= 0.6 is 11.8 Å². The van der Waals surface area contributed by atoms with Crippen LogP contribution in [0.25, 0.3) is 5.69 Å². The Morgan fingerprint density at radius 2 is 1.79 bits per heavy atom. The predicted octanol–water partition coefficient (Wildman–Crippen LogP) is 3.70. The van der Waals surface area contributed by atoms with Crippen LogP contribution in [-0.4, -0.2) is 57.3 Å². The van der Waals surface area contributed by atoms with E-state index in [0.29, 0.717) is 18.1 Å². The zero-order valence-electron chi connectivity index (χ0n) is 18.8. The first-order chi connectivity index (χ1) is 15.8. The third-order valence-electron chi connectivity index (χ3n) is 5.62. The average molecular weight is 485 g/mol. The van der Waals surface area contributed by atoms with E-state index in [-0.39, 0.29) is 35.1 Å². The van der Waals surface area contributed by atoms with E-state index in [4.69, 9.17) is 0 Å². The second-order valence-electron chi connectivity index (χ2n) is 8.51. The van der Waals surface area contributed by atoms with Crippen molar-refractivity contribution in [1.82, 2.24) is 19.7 Å². The van der Waals surface area contributed by atoms with Crippen molar-refractivity contribution in [2.45, 2.75) is 43.9 Å². The van der Waals surface area contributed by atoms with Crippen LogP contribution in [0.5, 0.6) is 0 Å². The van der Waals surface area contributed by atoms with Crippen LogP contribution in [0.2, 0.25) is 0 Å². The average Bonchev–Trinajstić information content (AvgIpc) is 3.40. The molecule has 3 aromatic rings. The molecule has 1 amide bonds. The van der Waals surface area contributed by atoms with Gasteiger partial charge in [-0.1, -0.05) is 74.1 Å². The quantitative estimate of drug-likeness (QED) is 0.453. The van der Waals surface area contributed by atoms with E-state index in [1.54, 1.807) is 4.90 Å². The van der Waals surface area contributed by atoms with Crippen LogP contribution in [0.3, 0.4) is 0 Å². The third-order valence-corrected chi connectivity index (χ3v) is 8.19. The molecule has 1 aliphatic heterocycles. The highest BCUT2D eigenvalue weighted by Crippen LogP contribution is 2.25. The number of sulfone groups is 1. The molecule has 0 bridgehead atoms. The van der Waals surface area contributed by atoms with Crippen molar-refractivity contribution in [3.05, 3.63) is 72.1 Å². The zero-order valence-corrected chi connectivity index (χ0v) is 20.4. The van der Waals surface area contributed by atoms with Gasteiger partial charge in [0.1, 0.15) is 5.82 Å². The van der Waals surface area contributed by atoms with Crippen molar-refractivity contribution < 1.29 is 13.2 Å². The van der Waals surface area contributed by atoms with E-state index in [0.717, 1.165) is 17.1 Å². The van der Waals surface area contributed by atoms with E-state index < -0.39 is 9.84 Å². The fourth-order valence-electron chi connectivity index (χ4n) is 3.93. The minimum Gasteiger partial charge on any atom is -0.334 e. The lowest BCUT2D eigenvalue weighted by Gasteiger charge is -2.28. The fraction of sp³-hybridized carbons (Fsp3) is 0.375. The number of hydrogen-bond donors (Lipinski definition) is 0. The number of hydrogen-bond acceptors (Lipinski definition) is 6. The summed E-state index contributed by atoms with van der Waals surface area (Å²) in [5.74, 6) is 1.20. The number of rotatable bonds is 8. The van der Waals surface area contributed by atoms with Crippen molar-refractivity contribution in [1.29, 1.82) is 0 Å². The Labute approximate surface area is 199 Å². The monoisotopic (exact) mass is 484 g/mol. The van der Waals surface area contributed by atoms with Crippen LogP contribution in [0, 0.1) is 0 Å². The normalized spacial score (nSPS) is 17.4. The van der Waals surface area contributed by atoms with E-state index in [9.17, 15) is 13.2 Å². The van der Waals surface area contributed by atoms with Gasteiger partial charge < -0.3 is 4.90 Å². The van der Waals surface area contributed by atoms with Crippen molar-refractivity contribution in [2.75, 3.05) is 17.3 Å². The first-order valence-corrected chi connectivity index (χ1v) is 13.8. The third kappa shape index (κ3) is 5.83. The van der Waals surface area contributed by atoms with Crippen molar-refractivity contribution in [3.8, 4) is 5.69 Å². The summed E-state index contributed by atoms with van der Waals surface area (Å²) in [5, 5.41) is 5.18. The Balaban J connectivity index is 1.51. The van der Waals surface area contributed by atoms with Crippen molar-refractivity contribution in [2.24, 2.45) is 0 Å². The van der Waals surface area contributed by atoms with Gasteiger partial charge in [0.05, 0.1) is 22.9 Å². The minimum absolute atomic E-state index is 0.0224. The maximum Gasteiger partial charge on any atom is 0.233 e. The molecule has 4 rings (SSSR count). The van der Waals surface area contributed by atoms with Gasteiger partial charge in [-0.25, -0.2) is 18.1 Å². The Kier molecular flexibility index (Phi) is 7.19. The minimum atomic E-state index is -3.10. The number of aromatic nitrogens is 3. The van der Waals surface area contributed by atoms with Gasteiger partial charge in [0.15, 0.2) is 9.84 Å². The molecule has 0 radical (unpaired) electrons. The van der Waals surface area contributed by atoms with Gasteiger partial charge in [-0.15, -0.1) is 5.10 Å². The molecule has 1 aliphatic rings. The standard InChI is InChI=1S/C24H28N4O3S2/c1-18(2)23-25-24(26-28(23)20-11-7-4-8-12-20)32-16-22(29)27(15-19-9-5-3-6-10-19)21-13-14-33(30,31)17-21/h3-12,18,21H,13-17H2,1-2H3/t21-/m0/s1. The highest BCUT2D eigenvalue weighted by molar-refractivity contribution is 7.99. The summed E-state index contributed by atoms with van der Waals surface area (Å²) < 4.78 is 26.0. The van der Waals surface area contributed by atoms with Gasteiger partial charge in [-0.05, 0) is 24.1 Å². The molecule has 0 unspecified atom stereocenters. The summed E-state index contributed by atoms with van der Waals surface area (Å²) in [4.78, 5) is 19.6. The molecular formula is C24H28N4O3S2. The molecule has 2 heterocycles. The second kappa shape index (κ2) is 10.1. The van der Waals surface area contributed by atoms with E-state index in [1.165, 1.54) is 11.8 Å². The summed E-state index contributed by atoms with van der Waals surface area (Å²) in [5.41, 5.74) is 1.91. The summed E-state index contributed by atoms with van der Waals surface area (Å²) in [6.07, 6.45) is 0.476. The number of para-hydroxylation sites is 1. The molecule has 9 heteroatoms. The molecule has 174 valence electrons. The first kappa shape index (κ1) is 23.5. The molecule has 1 aromatic heterocycles. The topological polar surface area (TPSA) is 85.2 Å². The molecule has 33 heavy (non-hydrogen) atoms. The van der Waals surface area contributed by atoms with Crippen molar-refractivity contribution in [3.63, 3.8) is 0 Å². The van der Waals surface area contributed by atoms with Crippen LogP contribution in [0.1, 0.15) is 37.6 Å². The van der Waals surface area contributed by atoms with E-state index in [1.807, 2.05) is 65.3 Å². The van der Waals surface area contributed by atoms with Crippen LogP contribution in [-0.2, 0) is 21.2 Å². The number of thioether (sulfide) groups is 1. The zero-order chi connectivity index (χ0) is 23.4. The van der Waals surface area contributed by atoms with E-state index >= 15 is 0 Å². The lowest BCUT2D eigenvalue weighted by atomic mass is 10.1. The van der Waals surface area contributed by atoms with Crippen molar-refractivity contribution >= 4 is 27.5 Å². The van der Waals surface area contributed by atoms with Gasteiger partial charge in [0.2, 0.25) is 11.1 Å². The van der Waals surface area contributed by atoms with E-state index in [2.05, 4.69) is 23.9 Å². The second-order valence-corrected chi connectivity index (χ2v) is 11.7. The van der Waals surface area contributed by atoms with Gasteiger partial charge in [-0.2, -0.15) is 0 Å². The predicted molar refractivity (Wildman–Crippen MR) is 130 cm³/mol. The molecule has 1 atom stereocenters. The smallest absolute Gasteiger partial charge is 0.233 e. The fourth-order valence-corrected chi connectivity index (χ4v) is 6.38. The molecule has 0 spiro atoms. The maximum atomic E-state index is 13.3. The summed E-state index contributed by atoms with van der Waals surface area (Å²) in [7, 11) is -3.10. The molecule has 1 fully saturated rings. The summed E-state index contributed by atoms with van der Waals surface area (Å²) >= 11 is 1.29. The molecular weight excluding hydrogens is 456 g/mol. The molecule has 0 N–H and O–H groups in total. The Morgan fingerprint density at radius 3 is 2.39 bits per heavy atom. The first-order valence-electron chi connectivity index (χ1n) is 11.0. The van der Waals surface area contributed by atoms with Crippen LogP contribution < -0.4 is 0 Å². The molecule has 0 saturated carbocycles. The summed E-state index contributed by atoms with van der Waals surface area (Å²) in [6.45, 7) is 4.51. The number of carbonyl (C=O) groups excluding carboxylic acids is 1. The highest BCUT2D eigenvalue weighted by Gasteiger charge is 2.34. The largest absolute Gasteiger partial charge is 0.334 e. The number of carbonyl (C=O) groups is 1. The number of amides is 1. The maximum absolute atomic E-state index is 13.3. The van der Waals surface area contributed by atoms with Gasteiger partial charge in [-0.3, -0.25) is 4.79 Å². The number of nitrogens with zero attached hydrogens (tertiary/aromatic N) is 4. The SMILES string of the molecule is CC(C)c1nc(SCC(=O)N(Cc2ccccc2)[C@H]2CCS(=O)(=O)C2)nn1-c1ccccc1. The Hall–Kier alpha value is -2.65. The molecule has 2 aromatic carbocycles. The van der Waals surface area contributed by atoms with Gasteiger partial charge >= 0.3 is 0 Å². The van der Waals surface area contributed by atoms with Gasteiger partial charge in [0.25, 0.3) is 0 Å². The van der Waals surface area contributed by atoms with Crippen LogP contribution in [0.4, 0.5) is 0 Å². The number of benzene rings is 2. The van der Waals surface area contributed by atoms with Gasteiger partial charge in [0, 0.05) is 18.5 Å². The highest BCUT2D eigenvalue weighted by atomic mass is 32.2. The molecule has 0 aliphatic carbocycles. The lowest BCUT2D eigenvalue weighted by molar-refractivity contribution is -0.130.